The van der Waals surface area contributed by atoms with Crippen LogP contribution in [0.1, 0.15) is 31.9 Å². The van der Waals surface area contributed by atoms with Gasteiger partial charge < -0.3 is 19.9 Å². The predicted molar refractivity (Wildman–Crippen MR) is 95.5 cm³/mol. The largest absolute Gasteiger partial charge is 0.370 e. The van der Waals surface area contributed by atoms with Gasteiger partial charge in [-0.1, -0.05) is 17.7 Å². The van der Waals surface area contributed by atoms with Crippen molar-refractivity contribution in [1.29, 1.82) is 0 Å². The third-order valence-electron chi connectivity index (χ3n) is 4.83. The Morgan fingerprint density at radius 3 is 2.81 bits per heavy atom. The molecule has 0 bridgehead atoms. The molecule has 1 aromatic carbocycles. The topological polar surface area (TPSA) is 61.9 Å². The van der Waals surface area contributed by atoms with Gasteiger partial charge in [0.15, 0.2) is 0 Å². The maximum atomic E-state index is 13.3. The lowest BCUT2D eigenvalue weighted by atomic mass is 10.1. The van der Waals surface area contributed by atoms with E-state index in [9.17, 15) is 14.0 Å². The Hall–Kier alpha value is -1.86. The molecule has 0 unspecified atom stereocenters. The molecular formula is C18H23ClFN3O3. The minimum atomic E-state index is -0.490. The number of morpholine rings is 1. The third-order valence-corrected chi connectivity index (χ3v) is 5.12. The van der Waals surface area contributed by atoms with Gasteiger partial charge in [-0.3, -0.25) is 4.79 Å². The number of hydrogen-bond donors (Lipinski definition) is 1. The van der Waals surface area contributed by atoms with Crippen molar-refractivity contribution in [3.8, 4) is 0 Å². The summed E-state index contributed by atoms with van der Waals surface area (Å²) in [6, 6.07) is 3.78. The molecule has 1 N–H and O–H groups in total. The van der Waals surface area contributed by atoms with Crippen LogP contribution in [0.15, 0.2) is 18.2 Å². The number of ether oxygens (including phenoxy) is 1. The van der Waals surface area contributed by atoms with Crippen LogP contribution in [0, 0.1) is 5.82 Å². The summed E-state index contributed by atoms with van der Waals surface area (Å²) in [5, 5.41) is 2.86. The first-order valence-electron chi connectivity index (χ1n) is 8.79. The third kappa shape index (κ3) is 3.94. The molecule has 1 aromatic rings. The first-order valence-corrected chi connectivity index (χ1v) is 9.17. The highest BCUT2D eigenvalue weighted by molar-refractivity contribution is 6.30. The number of hydrogen-bond acceptors (Lipinski definition) is 3. The van der Waals surface area contributed by atoms with E-state index in [4.69, 9.17) is 16.3 Å². The molecule has 2 aliphatic heterocycles. The van der Waals surface area contributed by atoms with Crippen molar-refractivity contribution in [2.24, 2.45) is 0 Å². The number of halogens is 2. The highest BCUT2D eigenvalue weighted by Gasteiger charge is 2.35. The number of carbonyl (C=O) groups excluding carboxylic acids is 2. The Balaban J connectivity index is 1.61. The molecule has 0 radical (unpaired) electrons. The summed E-state index contributed by atoms with van der Waals surface area (Å²) in [5.74, 6) is -0.529. The van der Waals surface area contributed by atoms with Crippen LogP contribution in [-0.4, -0.2) is 60.1 Å². The Kier molecular flexibility index (Phi) is 5.67. The molecule has 3 amide bonds. The Morgan fingerprint density at radius 2 is 2.15 bits per heavy atom. The zero-order valence-electron chi connectivity index (χ0n) is 14.9. The highest BCUT2D eigenvalue weighted by Crippen LogP contribution is 2.26. The molecule has 0 aromatic heterocycles. The highest BCUT2D eigenvalue weighted by atomic mass is 35.5. The molecule has 2 heterocycles. The van der Waals surface area contributed by atoms with Gasteiger partial charge in [0, 0.05) is 19.1 Å². The quantitative estimate of drug-likeness (QED) is 0.872. The maximum Gasteiger partial charge on any atom is 0.318 e. The first kappa shape index (κ1) is 18.9. The van der Waals surface area contributed by atoms with E-state index in [1.165, 1.54) is 12.1 Å². The number of likely N-dealkylation sites (tertiary alicyclic amines) is 1. The molecule has 0 saturated carbocycles. The van der Waals surface area contributed by atoms with Gasteiger partial charge in [-0.05, 0) is 38.0 Å². The number of nitrogens with zero attached hydrogens (tertiary/aromatic N) is 2. The molecule has 6 nitrogen and oxygen atoms in total. The second kappa shape index (κ2) is 7.80. The molecule has 2 aliphatic rings. The average Bonchev–Trinajstić information content (AvgIpc) is 2.98. The fraction of sp³-hybridized carbons (Fsp3) is 0.556. The summed E-state index contributed by atoms with van der Waals surface area (Å²) in [4.78, 5) is 28.3. The van der Waals surface area contributed by atoms with E-state index in [1.807, 2.05) is 13.8 Å². The van der Waals surface area contributed by atoms with E-state index in [1.54, 1.807) is 15.9 Å². The Bertz CT molecular complexity index is 700. The summed E-state index contributed by atoms with van der Waals surface area (Å²) < 4.78 is 19.0. The van der Waals surface area contributed by atoms with E-state index in [0.29, 0.717) is 32.7 Å². The molecule has 0 aliphatic carbocycles. The van der Waals surface area contributed by atoms with Crippen LogP contribution < -0.4 is 5.32 Å². The monoisotopic (exact) mass is 383 g/mol. The Labute approximate surface area is 157 Å². The minimum Gasteiger partial charge on any atom is -0.370 e. The number of nitrogens with one attached hydrogen (secondary N) is 1. The van der Waals surface area contributed by atoms with Crippen molar-refractivity contribution in [3.05, 3.63) is 34.6 Å². The van der Waals surface area contributed by atoms with Crippen molar-refractivity contribution in [2.45, 2.75) is 38.5 Å². The lowest BCUT2D eigenvalue weighted by molar-refractivity contribution is -0.130. The van der Waals surface area contributed by atoms with Crippen LogP contribution in [-0.2, 0) is 9.53 Å². The summed E-state index contributed by atoms with van der Waals surface area (Å²) in [5.41, 5.74) is 0.719. The second-order valence-electron chi connectivity index (χ2n) is 6.90. The molecular weight excluding hydrogens is 361 g/mol. The zero-order chi connectivity index (χ0) is 18.8. The van der Waals surface area contributed by atoms with Crippen molar-refractivity contribution in [2.75, 3.05) is 26.2 Å². The molecule has 2 saturated heterocycles. The van der Waals surface area contributed by atoms with Gasteiger partial charge in [0.25, 0.3) is 0 Å². The fourth-order valence-corrected chi connectivity index (χ4v) is 3.53. The van der Waals surface area contributed by atoms with Gasteiger partial charge in [0.1, 0.15) is 18.0 Å². The lowest BCUT2D eigenvalue weighted by Gasteiger charge is -2.34. The number of rotatable bonds is 3. The molecule has 2 fully saturated rings. The molecule has 142 valence electrons. The zero-order valence-corrected chi connectivity index (χ0v) is 15.6. The van der Waals surface area contributed by atoms with E-state index < -0.39 is 11.9 Å². The Morgan fingerprint density at radius 1 is 1.38 bits per heavy atom. The maximum absolute atomic E-state index is 13.3. The molecule has 8 heteroatoms. The summed E-state index contributed by atoms with van der Waals surface area (Å²) >= 11 is 5.83. The van der Waals surface area contributed by atoms with Crippen LogP contribution in [0.4, 0.5) is 9.18 Å². The number of carbonyl (C=O) groups is 2. The standard InChI is InChI=1S/C18H23ClFN3O3/c1-11(2)23-6-5-15(17(23)24)21-18(25)22-7-8-26-16(10-22)12-3-4-14(20)13(19)9-12/h3-4,9,11,15-16H,5-8,10H2,1-2H3,(H,21,25)/t15-,16-/m0/s1. The lowest BCUT2D eigenvalue weighted by Crippen LogP contribution is -2.52. The van der Waals surface area contributed by atoms with Crippen LogP contribution in [0.5, 0.6) is 0 Å². The molecule has 2 atom stereocenters. The summed E-state index contributed by atoms with van der Waals surface area (Å²) in [6.45, 7) is 5.70. The van der Waals surface area contributed by atoms with Crippen molar-refractivity contribution >= 4 is 23.5 Å². The van der Waals surface area contributed by atoms with E-state index >= 15 is 0 Å². The summed E-state index contributed by atoms with van der Waals surface area (Å²) in [6.07, 6.45) is 0.239. The average molecular weight is 384 g/mol. The normalized spacial score (nSPS) is 23.7. The molecule has 3 rings (SSSR count). The van der Waals surface area contributed by atoms with E-state index in [0.717, 1.165) is 5.56 Å². The SMILES string of the molecule is CC(C)N1CC[C@H](NC(=O)N2CCO[C@H](c3ccc(F)c(Cl)c3)C2)C1=O. The second-order valence-corrected chi connectivity index (χ2v) is 7.30. The van der Waals surface area contributed by atoms with Crippen molar-refractivity contribution in [1.82, 2.24) is 15.1 Å². The van der Waals surface area contributed by atoms with Gasteiger partial charge in [-0.25, -0.2) is 9.18 Å². The molecule has 0 spiro atoms. The van der Waals surface area contributed by atoms with Crippen LogP contribution >= 0.6 is 11.6 Å². The summed E-state index contributed by atoms with van der Waals surface area (Å²) in [7, 11) is 0. The van der Waals surface area contributed by atoms with Crippen molar-refractivity contribution in [3.63, 3.8) is 0 Å². The molecule has 26 heavy (non-hydrogen) atoms. The van der Waals surface area contributed by atoms with Gasteiger partial charge in [0.2, 0.25) is 5.91 Å². The van der Waals surface area contributed by atoms with E-state index in [-0.39, 0.29) is 29.1 Å². The first-order chi connectivity index (χ1) is 12.4. The van der Waals surface area contributed by atoms with Gasteiger partial charge >= 0.3 is 6.03 Å². The number of amides is 3. The number of benzene rings is 1. The minimum absolute atomic E-state index is 0.0259. The predicted octanol–water partition coefficient (Wildman–Crippen LogP) is 2.57. The fourth-order valence-electron chi connectivity index (χ4n) is 3.34. The van der Waals surface area contributed by atoms with Gasteiger partial charge in [0.05, 0.1) is 18.2 Å². The van der Waals surface area contributed by atoms with Crippen LogP contribution in [0.2, 0.25) is 5.02 Å². The van der Waals surface area contributed by atoms with Gasteiger partial charge in [-0.15, -0.1) is 0 Å². The van der Waals surface area contributed by atoms with Crippen molar-refractivity contribution < 1.29 is 18.7 Å². The van der Waals surface area contributed by atoms with Crippen LogP contribution in [0.3, 0.4) is 0 Å². The smallest absolute Gasteiger partial charge is 0.318 e. The van der Waals surface area contributed by atoms with E-state index in [2.05, 4.69) is 5.32 Å². The number of urea groups is 1. The van der Waals surface area contributed by atoms with Crippen LogP contribution in [0.25, 0.3) is 0 Å². The van der Waals surface area contributed by atoms with Gasteiger partial charge in [-0.2, -0.15) is 0 Å².